The molecule has 0 saturated carbocycles. The molecule has 2 aromatic rings. The Labute approximate surface area is 158 Å². The summed E-state index contributed by atoms with van der Waals surface area (Å²) in [6, 6.07) is 15.7. The number of carbonyl (C=O) groups excluding carboxylic acids is 1. The predicted molar refractivity (Wildman–Crippen MR) is 98.4 cm³/mol. The summed E-state index contributed by atoms with van der Waals surface area (Å²) in [6.45, 7) is 5.06. The van der Waals surface area contributed by atoms with Gasteiger partial charge in [0.15, 0.2) is 0 Å². The van der Waals surface area contributed by atoms with Crippen LogP contribution < -0.4 is 4.74 Å². The predicted octanol–water partition coefficient (Wildman–Crippen LogP) is 3.11. The molecule has 1 amide bonds. The van der Waals surface area contributed by atoms with E-state index in [4.69, 9.17) is 9.57 Å². The van der Waals surface area contributed by atoms with Crippen molar-refractivity contribution >= 4 is 5.91 Å². The molecule has 27 heavy (non-hydrogen) atoms. The molecular weight excluding hydrogens is 344 g/mol. The first kappa shape index (κ1) is 18.9. The Morgan fingerprint density at radius 1 is 1.30 bits per heavy atom. The number of rotatable bonds is 4. The topological polar surface area (TPSA) is 82.8 Å². The van der Waals surface area contributed by atoms with Gasteiger partial charge in [-0.25, -0.2) is 5.06 Å². The van der Waals surface area contributed by atoms with Crippen molar-refractivity contribution in [2.45, 2.75) is 45.1 Å². The van der Waals surface area contributed by atoms with Gasteiger partial charge in [0, 0.05) is 12.5 Å². The number of hydrogen-bond acceptors (Lipinski definition) is 5. The van der Waals surface area contributed by atoms with Gasteiger partial charge in [-0.2, -0.15) is 5.26 Å². The minimum atomic E-state index is -1.04. The zero-order chi connectivity index (χ0) is 19.6. The maximum atomic E-state index is 12.4. The summed E-state index contributed by atoms with van der Waals surface area (Å²) in [7, 11) is 0. The highest BCUT2D eigenvalue weighted by atomic mass is 16.7. The smallest absolute Gasteiger partial charge is 0.243 e. The Kier molecular flexibility index (Phi) is 5.17. The molecule has 1 aliphatic heterocycles. The molecule has 2 atom stereocenters. The molecule has 0 radical (unpaired) electrons. The van der Waals surface area contributed by atoms with Gasteiger partial charge in [-0.3, -0.25) is 9.63 Å². The lowest BCUT2D eigenvalue weighted by Crippen LogP contribution is -2.54. The first-order chi connectivity index (χ1) is 12.8. The molecule has 3 rings (SSSR count). The van der Waals surface area contributed by atoms with Crippen LogP contribution in [0, 0.1) is 11.3 Å². The average molecular weight is 366 g/mol. The Morgan fingerprint density at radius 2 is 2.00 bits per heavy atom. The second kappa shape index (κ2) is 7.39. The summed E-state index contributed by atoms with van der Waals surface area (Å²) in [5, 5.41) is 21.4. The van der Waals surface area contributed by atoms with Gasteiger partial charge in [-0.1, -0.05) is 30.3 Å². The van der Waals surface area contributed by atoms with Crippen molar-refractivity contribution in [1.82, 2.24) is 5.06 Å². The van der Waals surface area contributed by atoms with E-state index in [9.17, 15) is 15.2 Å². The van der Waals surface area contributed by atoms with Gasteiger partial charge in [0.25, 0.3) is 0 Å². The summed E-state index contributed by atoms with van der Waals surface area (Å²) in [5.41, 5.74) is 0.927. The summed E-state index contributed by atoms with van der Waals surface area (Å²) in [4.78, 5) is 18.2. The molecule has 6 heteroatoms. The Morgan fingerprint density at radius 3 is 2.63 bits per heavy atom. The number of fused-ring (bicyclic) bond motifs is 1. The molecular formula is C21H22N2O4. The molecule has 2 aromatic carbocycles. The van der Waals surface area contributed by atoms with Gasteiger partial charge < -0.3 is 9.84 Å². The Hall–Kier alpha value is -2.88. The van der Waals surface area contributed by atoms with Crippen LogP contribution in [0.2, 0.25) is 0 Å². The van der Waals surface area contributed by atoms with E-state index in [1.807, 2.05) is 30.3 Å². The lowest BCUT2D eigenvalue weighted by molar-refractivity contribution is -0.232. The van der Waals surface area contributed by atoms with E-state index in [0.717, 1.165) is 5.56 Å². The van der Waals surface area contributed by atoms with Gasteiger partial charge in [0.1, 0.15) is 30.1 Å². The highest BCUT2D eigenvalue weighted by Crippen LogP contribution is 2.43. The number of hydrogen-bond donors (Lipinski definition) is 1. The van der Waals surface area contributed by atoms with Crippen LogP contribution >= 0.6 is 0 Å². The quantitative estimate of drug-likeness (QED) is 0.841. The summed E-state index contributed by atoms with van der Waals surface area (Å²) in [6.07, 6.45) is -1.04. The largest absolute Gasteiger partial charge is 0.485 e. The third-order valence-corrected chi connectivity index (χ3v) is 4.62. The normalized spacial score (nSPS) is 20.1. The van der Waals surface area contributed by atoms with E-state index in [0.29, 0.717) is 16.9 Å². The number of ether oxygens (including phenoxy) is 1. The monoisotopic (exact) mass is 366 g/mol. The number of aliphatic hydroxyl groups excluding tert-OH is 1. The number of nitriles is 1. The summed E-state index contributed by atoms with van der Waals surface area (Å²) < 4.78 is 5.90. The van der Waals surface area contributed by atoms with E-state index in [2.05, 4.69) is 6.07 Å². The van der Waals surface area contributed by atoms with Gasteiger partial charge >= 0.3 is 0 Å². The zero-order valence-electron chi connectivity index (χ0n) is 15.5. The molecule has 1 N–H and O–H groups in total. The molecule has 1 aliphatic rings. The number of amides is 1. The maximum Gasteiger partial charge on any atom is 0.243 e. The molecule has 6 nitrogen and oxygen atoms in total. The van der Waals surface area contributed by atoms with E-state index < -0.39 is 17.7 Å². The fourth-order valence-electron chi connectivity index (χ4n) is 3.18. The summed E-state index contributed by atoms with van der Waals surface area (Å²) in [5.74, 6) is 0.171. The molecule has 1 heterocycles. The van der Waals surface area contributed by atoms with Crippen molar-refractivity contribution in [3.05, 3.63) is 65.2 Å². The maximum absolute atomic E-state index is 12.4. The van der Waals surface area contributed by atoms with Crippen LogP contribution in [-0.4, -0.2) is 27.8 Å². The lowest BCUT2D eigenvalue weighted by atomic mass is 9.85. The van der Waals surface area contributed by atoms with Crippen LogP contribution in [0.3, 0.4) is 0 Å². The van der Waals surface area contributed by atoms with E-state index in [-0.39, 0.29) is 12.5 Å². The molecule has 0 fully saturated rings. The SMILES string of the molecule is CC(=O)N(OCc1ccccc1)[C@@H]1c2cc(C#N)ccc2OC(C)(C)[C@H]1O. The van der Waals surface area contributed by atoms with Crippen LogP contribution in [0.25, 0.3) is 0 Å². The lowest BCUT2D eigenvalue weighted by Gasteiger charge is -2.45. The van der Waals surface area contributed by atoms with Gasteiger partial charge in [-0.15, -0.1) is 0 Å². The second-order valence-corrected chi connectivity index (χ2v) is 7.06. The fourth-order valence-corrected chi connectivity index (χ4v) is 3.18. The van der Waals surface area contributed by atoms with Crippen molar-refractivity contribution in [3.63, 3.8) is 0 Å². The number of benzene rings is 2. The molecule has 0 aromatic heterocycles. The number of hydroxylamine groups is 2. The van der Waals surface area contributed by atoms with Crippen molar-refractivity contribution < 1.29 is 19.5 Å². The van der Waals surface area contributed by atoms with E-state index in [1.165, 1.54) is 12.0 Å². The second-order valence-electron chi connectivity index (χ2n) is 7.06. The molecule has 0 bridgehead atoms. The standard InChI is InChI=1S/C21H22N2O4/c1-14(24)23(26-13-15-7-5-4-6-8-15)19-17-11-16(12-22)9-10-18(17)27-21(2,3)20(19)25/h4-11,19-20,25H,13H2,1-3H3/t19-,20+/m1/s1. The van der Waals surface area contributed by atoms with Crippen LogP contribution in [0.1, 0.15) is 43.5 Å². The van der Waals surface area contributed by atoms with E-state index in [1.54, 1.807) is 32.0 Å². The fraction of sp³-hybridized carbons (Fsp3) is 0.333. The van der Waals surface area contributed by atoms with Crippen LogP contribution in [0.15, 0.2) is 48.5 Å². The number of nitrogens with zero attached hydrogens (tertiary/aromatic N) is 2. The Bertz CT molecular complexity index is 873. The first-order valence-corrected chi connectivity index (χ1v) is 8.71. The minimum absolute atomic E-state index is 0.179. The third kappa shape index (κ3) is 3.80. The number of carbonyl (C=O) groups is 1. The zero-order valence-corrected chi connectivity index (χ0v) is 15.5. The van der Waals surface area contributed by atoms with Crippen molar-refractivity contribution in [3.8, 4) is 11.8 Å². The molecule has 0 spiro atoms. The van der Waals surface area contributed by atoms with Crippen LogP contribution in [-0.2, 0) is 16.2 Å². The minimum Gasteiger partial charge on any atom is -0.485 e. The van der Waals surface area contributed by atoms with E-state index >= 15 is 0 Å². The van der Waals surface area contributed by atoms with Crippen LogP contribution in [0.4, 0.5) is 0 Å². The molecule has 140 valence electrons. The number of aliphatic hydroxyl groups is 1. The molecule has 0 saturated heterocycles. The Balaban J connectivity index is 1.99. The third-order valence-electron chi connectivity index (χ3n) is 4.62. The highest BCUT2D eigenvalue weighted by Gasteiger charge is 2.47. The first-order valence-electron chi connectivity index (χ1n) is 8.71. The summed E-state index contributed by atoms with van der Waals surface area (Å²) >= 11 is 0. The van der Waals surface area contributed by atoms with Crippen molar-refractivity contribution in [2.24, 2.45) is 0 Å². The van der Waals surface area contributed by atoms with Gasteiger partial charge in [-0.05, 0) is 37.6 Å². The van der Waals surface area contributed by atoms with Crippen molar-refractivity contribution in [1.29, 1.82) is 5.26 Å². The molecule has 0 unspecified atom stereocenters. The van der Waals surface area contributed by atoms with Gasteiger partial charge in [0.2, 0.25) is 5.91 Å². The van der Waals surface area contributed by atoms with Crippen molar-refractivity contribution in [2.75, 3.05) is 0 Å². The molecule has 0 aliphatic carbocycles. The van der Waals surface area contributed by atoms with Gasteiger partial charge in [0.05, 0.1) is 11.6 Å². The highest BCUT2D eigenvalue weighted by molar-refractivity contribution is 5.73. The van der Waals surface area contributed by atoms with Crippen LogP contribution in [0.5, 0.6) is 5.75 Å². The average Bonchev–Trinajstić information content (AvgIpc) is 2.64.